The number of benzene rings is 3. The summed E-state index contributed by atoms with van der Waals surface area (Å²) in [5.41, 5.74) is 0.312. The number of hydrogen-bond acceptors (Lipinski definition) is 6. The molecular formula is C25H18ClF2N3O4S. The molecule has 7 nitrogen and oxygen atoms in total. The molecular weight excluding hydrogens is 512 g/mol. The molecule has 0 aliphatic rings. The van der Waals surface area contributed by atoms with E-state index < -0.39 is 23.1 Å². The van der Waals surface area contributed by atoms with Crippen LogP contribution in [0.15, 0.2) is 60.8 Å². The largest absolute Gasteiger partial charge is 0.493 e. The zero-order valence-corrected chi connectivity index (χ0v) is 20.5. The first kappa shape index (κ1) is 25.1. The van der Waals surface area contributed by atoms with E-state index in [0.29, 0.717) is 39.6 Å². The quantitative estimate of drug-likeness (QED) is 0.292. The number of carbonyl (C=O) groups is 1. The number of amides is 1. The van der Waals surface area contributed by atoms with Crippen LogP contribution in [0, 0.1) is 11.6 Å². The van der Waals surface area contributed by atoms with E-state index in [2.05, 4.69) is 15.6 Å². The summed E-state index contributed by atoms with van der Waals surface area (Å²) in [6.45, 7) is 0. The number of rotatable bonds is 6. The SMILES string of the molecule is COc1cc2nccc(Oc3ccc(NC(=S)NC(=O)c4c(F)cccc4F)cc3Cl)c2cc1OC. The second-order valence-corrected chi connectivity index (χ2v) is 8.10. The van der Waals surface area contributed by atoms with Crippen molar-refractivity contribution in [2.45, 2.75) is 0 Å². The Balaban J connectivity index is 1.50. The summed E-state index contributed by atoms with van der Waals surface area (Å²) in [5, 5.41) is 5.73. The van der Waals surface area contributed by atoms with E-state index in [1.165, 1.54) is 20.3 Å². The first-order chi connectivity index (χ1) is 17.3. The van der Waals surface area contributed by atoms with Gasteiger partial charge in [0.1, 0.15) is 28.7 Å². The van der Waals surface area contributed by atoms with Gasteiger partial charge in [0, 0.05) is 23.3 Å². The Labute approximate surface area is 215 Å². The van der Waals surface area contributed by atoms with E-state index in [0.717, 1.165) is 18.2 Å². The Morgan fingerprint density at radius 3 is 2.31 bits per heavy atom. The molecule has 2 N–H and O–H groups in total. The highest BCUT2D eigenvalue weighted by Crippen LogP contribution is 2.38. The Bertz CT molecular complexity index is 1470. The van der Waals surface area contributed by atoms with Gasteiger partial charge < -0.3 is 19.5 Å². The van der Waals surface area contributed by atoms with Gasteiger partial charge in [-0.3, -0.25) is 15.1 Å². The number of halogens is 3. The third kappa shape index (κ3) is 5.29. The number of thiocarbonyl (C=S) groups is 1. The molecule has 0 bridgehead atoms. The van der Waals surface area contributed by atoms with E-state index in [1.807, 2.05) is 0 Å². The zero-order valence-electron chi connectivity index (χ0n) is 18.9. The van der Waals surface area contributed by atoms with Gasteiger partial charge in [0.15, 0.2) is 16.6 Å². The monoisotopic (exact) mass is 529 g/mol. The van der Waals surface area contributed by atoms with Crippen LogP contribution < -0.4 is 24.8 Å². The highest BCUT2D eigenvalue weighted by atomic mass is 35.5. The number of nitrogens with one attached hydrogen (secondary N) is 2. The number of methoxy groups -OCH3 is 2. The van der Waals surface area contributed by atoms with Crippen molar-refractivity contribution in [2.75, 3.05) is 19.5 Å². The minimum absolute atomic E-state index is 0.173. The lowest BCUT2D eigenvalue weighted by atomic mass is 10.2. The molecule has 1 amide bonds. The molecule has 0 radical (unpaired) electrons. The van der Waals surface area contributed by atoms with E-state index >= 15 is 0 Å². The molecule has 1 aromatic heterocycles. The van der Waals surface area contributed by atoms with Crippen LogP contribution >= 0.6 is 23.8 Å². The summed E-state index contributed by atoms with van der Waals surface area (Å²) in [6, 6.07) is 13.0. The lowest BCUT2D eigenvalue weighted by Crippen LogP contribution is -2.35. The molecule has 1 heterocycles. The van der Waals surface area contributed by atoms with Crippen LogP contribution in [-0.2, 0) is 0 Å². The predicted octanol–water partition coefficient (Wildman–Crippen LogP) is 6.10. The van der Waals surface area contributed by atoms with Gasteiger partial charge in [-0.25, -0.2) is 8.78 Å². The lowest BCUT2D eigenvalue weighted by Gasteiger charge is -2.14. The summed E-state index contributed by atoms with van der Waals surface area (Å²) < 4.78 is 44.3. The van der Waals surface area contributed by atoms with Crippen LogP contribution in [0.2, 0.25) is 5.02 Å². The van der Waals surface area contributed by atoms with Crippen LogP contribution in [0.1, 0.15) is 10.4 Å². The summed E-state index contributed by atoms with van der Waals surface area (Å²) in [4.78, 5) is 16.6. The van der Waals surface area contributed by atoms with Crippen LogP contribution in [0.3, 0.4) is 0 Å². The lowest BCUT2D eigenvalue weighted by molar-refractivity contribution is 0.0969. The van der Waals surface area contributed by atoms with Crippen LogP contribution in [0.5, 0.6) is 23.0 Å². The van der Waals surface area contributed by atoms with Crippen molar-refractivity contribution in [1.82, 2.24) is 10.3 Å². The van der Waals surface area contributed by atoms with E-state index in [4.69, 9.17) is 38.0 Å². The fourth-order valence-electron chi connectivity index (χ4n) is 3.36. The molecule has 36 heavy (non-hydrogen) atoms. The zero-order chi connectivity index (χ0) is 25.8. The summed E-state index contributed by atoms with van der Waals surface area (Å²) in [6.07, 6.45) is 1.59. The highest BCUT2D eigenvalue weighted by molar-refractivity contribution is 7.80. The number of fused-ring (bicyclic) bond motifs is 1. The van der Waals surface area contributed by atoms with Gasteiger partial charge in [0.05, 0.1) is 24.8 Å². The van der Waals surface area contributed by atoms with Gasteiger partial charge in [-0.05, 0) is 54.7 Å². The number of pyridine rings is 1. The van der Waals surface area contributed by atoms with Crippen molar-refractivity contribution in [3.63, 3.8) is 0 Å². The summed E-state index contributed by atoms with van der Waals surface area (Å²) >= 11 is 11.5. The Hall–Kier alpha value is -4.02. The minimum atomic E-state index is -1.02. The first-order valence-corrected chi connectivity index (χ1v) is 11.1. The molecule has 184 valence electrons. The van der Waals surface area contributed by atoms with Crippen molar-refractivity contribution in [3.8, 4) is 23.0 Å². The Morgan fingerprint density at radius 1 is 0.944 bits per heavy atom. The van der Waals surface area contributed by atoms with Gasteiger partial charge in [0.25, 0.3) is 5.91 Å². The predicted molar refractivity (Wildman–Crippen MR) is 136 cm³/mol. The standard InChI is InChI=1S/C25H18ClF2N3O4S/c1-33-21-11-14-18(12-22(21)34-2)29-9-8-19(14)35-20-7-6-13(10-15(20)26)30-25(36)31-24(32)23-16(27)4-3-5-17(23)28/h3-12H,1-2H3,(H2,30,31,32,36). The summed E-state index contributed by atoms with van der Waals surface area (Å²) in [5.74, 6) is -1.15. The third-order valence-corrected chi connectivity index (χ3v) is 5.53. The molecule has 0 saturated carbocycles. The second kappa shape index (κ2) is 10.7. The average Bonchev–Trinajstić information content (AvgIpc) is 2.84. The molecule has 0 unspecified atom stereocenters. The molecule has 4 aromatic rings. The third-order valence-electron chi connectivity index (χ3n) is 5.03. The molecule has 11 heteroatoms. The molecule has 0 atom stereocenters. The Morgan fingerprint density at radius 2 is 1.64 bits per heavy atom. The van der Waals surface area contributed by atoms with Gasteiger partial charge in [-0.2, -0.15) is 0 Å². The molecule has 4 rings (SSSR count). The molecule has 3 aromatic carbocycles. The number of nitrogens with zero attached hydrogens (tertiary/aromatic N) is 1. The number of anilines is 1. The van der Waals surface area contributed by atoms with Crippen molar-refractivity contribution < 1.29 is 27.8 Å². The van der Waals surface area contributed by atoms with E-state index in [-0.39, 0.29) is 10.1 Å². The maximum Gasteiger partial charge on any atom is 0.263 e. The molecule has 0 aliphatic carbocycles. The summed E-state index contributed by atoms with van der Waals surface area (Å²) in [7, 11) is 3.07. The fraction of sp³-hybridized carbons (Fsp3) is 0.0800. The van der Waals surface area contributed by atoms with Gasteiger partial charge in [-0.15, -0.1) is 0 Å². The fourth-order valence-corrected chi connectivity index (χ4v) is 3.79. The van der Waals surface area contributed by atoms with Gasteiger partial charge in [-0.1, -0.05) is 17.7 Å². The molecule has 0 aliphatic heterocycles. The van der Waals surface area contributed by atoms with Crippen LogP contribution in [0.4, 0.5) is 14.5 Å². The number of aromatic nitrogens is 1. The maximum absolute atomic E-state index is 13.8. The van der Waals surface area contributed by atoms with Crippen LogP contribution in [-0.4, -0.2) is 30.2 Å². The van der Waals surface area contributed by atoms with Crippen molar-refractivity contribution >= 4 is 51.4 Å². The maximum atomic E-state index is 13.8. The average molecular weight is 530 g/mol. The minimum Gasteiger partial charge on any atom is -0.493 e. The van der Waals surface area contributed by atoms with Crippen molar-refractivity contribution in [3.05, 3.63) is 83.0 Å². The second-order valence-electron chi connectivity index (χ2n) is 7.29. The van der Waals surface area contributed by atoms with Crippen molar-refractivity contribution in [1.29, 1.82) is 0 Å². The highest BCUT2D eigenvalue weighted by Gasteiger charge is 2.18. The van der Waals surface area contributed by atoms with E-state index in [1.54, 1.807) is 36.5 Å². The van der Waals surface area contributed by atoms with Crippen LogP contribution in [0.25, 0.3) is 10.9 Å². The number of carbonyl (C=O) groups excluding carboxylic acids is 1. The molecule has 0 spiro atoms. The first-order valence-electron chi connectivity index (χ1n) is 10.3. The normalized spacial score (nSPS) is 10.6. The topological polar surface area (TPSA) is 81.7 Å². The van der Waals surface area contributed by atoms with Crippen molar-refractivity contribution in [2.24, 2.45) is 0 Å². The number of ether oxygens (including phenoxy) is 3. The Kier molecular flexibility index (Phi) is 7.47. The molecule has 0 saturated heterocycles. The number of hydrogen-bond donors (Lipinski definition) is 2. The van der Waals surface area contributed by atoms with Gasteiger partial charge >= 0.3 is 0 Å². The molecule has 0 fully saturated rings. The van der Waals surface area contributed by atoms with Gasteiger partial charge in [0.2, 0.25) is 0 Å². The van der Waals surface area contributed by atoms with E-state index in [9.17, 15) is 13.6 Å². The smallest absolute Gasteiger partial charge is 0.263 e.